The summed E-state index contributed by atoms with van der Waals surface area (Å²) in [6, 6.07) is 16.0. The number of rotatable bonds is 5. The molecule has 0 unspecified atom stereocenters. The van der Waals surface area contributed by atoms with Gasteiger partial charge in [-0.15, -0.1) is 0 Å². The van der Waals surface area contributed by atoms with E-state index >= 15 is 0 Å². The smallest absolute Gasteiger partial charge is 0.395 e. The van der Waals surface area contributed by atoms with E-state index < -0.39 is 17.8 Å². The van der Waals surface area contributed by atoms with Gasteiger partial charge in [-0.1, -0.05) is 53.5 Å². The number of anilines is 1. The predicted octanol–water partition coefficient (Wildman–Crippen LogP) is 7.39. The Kier molecular flexibility index (Phi) is 7.69. The summed E-state index contributed by atoms with van der Waals surface area (Å²) < 4.78 is 39.2. The van der Waals surface area contributed by atoms with Gasteiger partial charge in [0.25, 0.3) is 5.91 Å². The second-order valence-electron chi connectivity index (χ2n) is 7.52. The van der Waals surface area contributed by atoms with Gasteiger partial charge in [-0.3, -0.25) is 4.79 Å². The molecule has 1 amide bonds. The zero-order valence-electron chi connectivity index (χ0n) is 18.2. The molecule has 0 aromatic heterocycles. The van der Waals surface area contributed by atoms with Crippen molar-refractivity contribution < 1.29 is 18.0 Å². The molecule has 0 aliphatic carbocycles. The lowest BCUT2D eigenvalue weighted by atomic mass is 10.0. The largest absolute Gasteiger partial charge is 0.430 e. The van der Waals surface area contributed by atoms with Gasteiger partial charge in [0.2, 0.25) is 0 Å². The number of para-hydroxylation sites is 1. The summed E-state index contributed by atoms with van der Waals surface area (Å²) in [4.78, 5) is 17.0. The molecule has 3 N–H and O–H groups in total. The van der Waals surface area contributed by atoms with Crippen molar-refractivity contribution in [3.05, 3.63) is 105 Å². The molecule has 3 aromatic rings. The maximum atomic E-state index is 13.1. The van der Waals surface area contributed by atoms with Crippen LogP contribution in [-0.2, 0) is 0 Å². The van der Waals surface area contributed by atoms with Crippen LogP contribution in [0.4, 0.5) is 24.5 Å². The number of nitrogens with two attached hydrogens (primary N) is 1. The molecule has 0 aliphatic rings. The molecule has 0 atom stereocenters. The van der Waals surface area contributed by atoms with Crippen LogP contribution in [0.5, 0.6) is 0 Å². The molecule has 0 bridgehead atoms. The van der Waals surface area contributed by atoms with Crippen molar-refractivity contribution >= 4 is 46.2 Å². The highest BCUT2D eigenvalue weighted by molar-refractivity contribution is 6.34. The zero-order chi connectivity index (χ0) is 25.0. The van der Waals surface area contributed by atoms with Crippen molar-refractivity contribution in [1.82, 2.24) is 0 Å². The number of aliphatic imine (C=N–C) groups is 1. The molecule has 3 rings (SSSR count). The number of alkyl halides is 3. The van der Waals surface area contributed by atoms with E-state index in [2.05, 4.69) is 10.3 Å². The summed E-state index contributed by atoms with van der Waals surface area (Å²) in [5.74, 6) is -0.421. The molecular weight excluding hydrogens is 486 g/mol. The van der Waals surface area contributed by atoms with Gasteiger partial charge in [-0.2, -0.15) is 13.2 Å². The van der Waals surface area contributed by atoms with Gasteiger partial charge in [-0.05, 0) is 61.4 Å². The lowest BCUT2D eigenvalue weighted by Crippen LogP contribution is -2.21. The lowest BCUT2D eigenvalue weighted by Gasteiger charge is -2.12. The van der Waals surface area contributed by atoms with E-state index in [1.807, 2.05) is 19.9 Å². The molecule has 0 saturated heterocycles. The van der Waals surface area contributed by atoms with Crippen molar-refractivity contribution in [1.29, 1.82) is 0 Å². The molecule has 3 aromatic carbocycles. The molecular formula is C25H20Cl2F3N3O. The minimum Gasteiger partial charge on any atom is -0.395 e. The number of benzene rings is 3. The summed E-state index contributed by atoms with van der Waals surface area (Å²) in [5, 5.41) is 3.44. The maximum absolute atomic E-state index is 13.1. The molecule has 0 saturated carbocycles. The average molecular weight is 506 g/mol. The van der Waals surface area contributed by atoms with Gasteiger partial charge < -0.3 is 11.1 Å². The number of allylic oxidation sites excluding steroid dienone is 2. The number of nitrogens with one attached hydrogen (secondary N) is 1. The van der Waals surface area contributed by atoms with Crippen molar-refractivity contribution in [2.75, 3.05) is 5.32 Å². The first-order valence-electron chi connectivity index (χ1n) is 10.0. The molecule has 0 aliphatic heterocycles. The molecule has 176 valence electrons. The first-order valence-corrected chi connectivity index (χ1v) is 10.8. The summed E-state index contributed by atoms with van der Waals surface area (Å²) in [7, 11) is 0. The Morgan fingerprint density at radius 3 is 2.18 bits per heavy atom. The minimum atomic E-state index is -4.73. The summed E-state index contributed by atoms with van der Waals surface area (Å²) in [6.07, 6.45) is -4.00. The topological polar surface area (TPSA) is 67.5 Å². The van der Waals surface area contributed by atoms with E-state index in [9.17, 15) is 18.0 Å². The van der Waals surface area contributed by atoms with E-state index in [0.717, 1.165) is 17.2 Å². The van der Waals surface area contributed by atoms with Crippen LogP contribution >= 0.6 is 23.2 Å². The average Bonchev–Trinajstić information content (AvgIpc) is 2.76. The van der Waals surface area contributed by atoms with Crippen LogP contribution < -0.4 is 11.1 Å². The van der Waals surface area contributed by atoms with Crippen LogP contribution in [0.15, 0.2) is 77.4 Å². The van der Waals surface area contributed by atoms with Crippen LogP contribution in [0.3, 0.4) is 0 Å². The summed E-state index contributed by atoms with van der Waals surface area (Å²) in [6.45, 7) is 3.72. The highest BCUT2D eigenvalue weighted by Gasteiger charge is 2.31. The zero-order valence-corrected chi connectivity index (χ0v) is 19.7. The van der Waals surface area contributed by atoms with Gasteiger partial charge in [0.1, 0.15) is 5.70 Å². The molecule has 34 heavy (non-hydrogen) atoms. The molecule has 0 radical (unpaired) electrons. The Bertz CT molecular complexity index is 1260. The third-order valence-corrected chi connectivity index (χ3v) is 5.44. The third kappa shape index (κ3) is 6.18. The monoisotopic (exact) mass is 505 g/mol. The number of hydrogen-bond acceptors (Lipinski definition) is 3. The summed E-state index contributed by atoms with van der Waals surface area (Å²) in [5.41, 5.74) is 6.97. The fourth-order valence-electron chi connectivity index (χ4n) is 3.13. The second kappa shape index (κ2) is 10.3. The fourth-order valence-corrected chi connectivity index (χ4v) is 3.68. The molecule has 0 heterocycles. The van der Waals surface area contributed by atoms with E-state index in [0.29, 0.717) is 16.3 Å². The van der Waals surface area contributed by atoms with Crippen molar-refractivity contribution in [2.24, 2.45) is 10.7 Å². The number of aryl methyl sites for hydroxylation is 2. The van der Waals surface area contributed by atoms with Gasteiger partial charge >= 0.3 is 6.18 Å². The number of nitrogens with zero attached hydrogens (tertiary/aromatic N) is 1. The van der Waals surface area contributed by atoms with Gasteiger partial charge in [0.15, 0.2) is 0 Å². The Labute approximate surface area is 204 Å². The van der Waals surface area contributed by atoms with Crippen LogP contribution in [0, 0.1) is 13.8 Å². The van der Waals surface area contributed by atoms with E-state index in [-0.39, 0.29) is 22.0 Å². The van der Waals surface area contributed by atoms with Crippen LogP contribution in [-0.4, -0.2) is 17.8 Å². The second-order valence-corrected chi connectivity index (χ2v) is 8.33. The standard InChI is InChI=1S/C25H20Cl2F3N3O/c1-14-11-15(2)23(19(27)12-14)33-24(34)17-9-7-16(8-10-17)21(13-22(31)25(28,29)30)32-20-6-4-3-5-18(20)26/h3-13H,31H2,1-2H3,(H,33,34)/b22-13-,32-21?. The van der Waals surface area contributed by atoms with Gasteiger partial charge in [0, 0.05) is 11.1 Å². The molecule has 9 heteroatoms. The lowest BCUT2D eigenvalue weighted by molar-refractivity contribution is -0.0925. The number of hydrogen-bond donors (Lipinski definition) is 2. The maximum Gasteiger partial charge on any atom is 0.430 e. The fraction of sp³-hybridized carbons (Fsp3) is 0.120. The number of carbonyl (C=O) groups excluding carboxylic acids is 1. The molecule has 0 fully saturated rings. The quantitative estimate of drug-likeness (QED) is 0.355. The highest BCUT2D eigenvalue weighted by Crippen LogP contribution is 2.29. The van der Waals surface area contributed by atoms with Gasteiger partial charge in [0.05, 0.1) is 27.1 Å². The van der Waals surface area contributed by atoms with Crippen LogP contribution in [0.1, 0.15) is 27.0 Å². The predicted molar refractivity (Wildman–Crippen MR) is 131 cm³/mol. The number of halogens is 5. The highest BCUT2D eigenvalue weighted by atomic mass is 35.5. The third-order valence-electron chi connectivity index (χ3n) is 4.83. The first kappa shape index (κ1) is 25.3. The molecule has 4 nitrogen and oxygen atoms in total. The number of carbonyl (C=O) groups is 1. The Hall–Kier alpha value is -3.29. The van der Waals surface area contributed by atoms with Crippen molar-refractivity contribution in [3.8, 4) is 0 Å². The Morgan fingerprint density at radius 1 is 0.971 bits per heavy atom. The summed E-state index contributed by atoms with van der Waals surface area (Å²) >= 11 is 12.4. The SMILES string of the molecule is Cc1cc(C)c(NC(=O)c2ccc(C(/C=C(\N)C(F)(F)F)=Nc3ccccc3Cl)cc2)c(Cl)c1. The van der Waals surface area contributed by atoms with Crippen LogP contribution in [0.25, 0.3) is 0 Å². The minimum absolute atomic E-state index is 0.0627. The van der Waals surface area contributed by atoms with Crippen molar-refractivity contribution in [3.63, 3.8) is 0 Å². The normalized spacial score (nSPS) is 12.6. The van der Waals surface area contributed by atoms with Crippen LogP contribution in [0.2, 0.25) is 10.0 Å². The first-order chi connectivity index (χ1) is 16.0. The van der Waals surface area contributed by atoms with Gasteiger partial charge in [-0.25, -0.2) is 4.99 Å². The van der Waals surface area contributed by atoms with E-state index in [1.54, 1.807) is 30.3 Å². The van der Waals surface area contributed by atoms with E-state index in [1.165, 1.54) is 24.3 Å². The Morgan fingerprint density at radius 2 is 1.59 bits per heavy atom. The Balaban J connectivity index is 1.95. The molecule has 0 spiro atoms. The van der Waals surface area contributed by atoms with Crippen molar-refractivity contribution in [2.45, 2.75) is 20.0 Å². The van der Waals surface area contributed by atoms with E-state index in [4.69, 9.17) is 28.9 Å². The number of amides is 1.